The van der Waals surface area contributed by atoms with Gasteiger partial charge in [-0.2, -0.15) is 5.10 Å². The topological polar surface area (TPSA) is 38.1 Å². The van der Waals surface area contributed by atoms with Crippen molar-refractivity contribution in [2.45, 2.75) is 33.4 Å². The van der Waals surface area contributed by atoms with Gasteiger partial charge in [-0.25, -0.2) is 0 Å². The number of benzene rings is 1. The van der Waals surface area contributed by atoms with Crippen LogP contribution in [-0.2, 0) is 19.5 Å². The Hall–Kier alpha value is -2.10. The highest BCUT2D eigenvalue weighted by Crippen LogP contribution is 2.09. The first kappa shape index (κ1) is 14.3. The molecule has 0 aliphatic rings. The zero-order valence-corrected chi connectivity index (χ0v) is 12.3. The zero-order valence-electron chi connectivity index (χ0n) is 12.3. The molecule has 1 heterocycles. The van der Waals surface area contributed by atoms with Crippen molar-refractivity contribution in [2.24, 2.45) is 0 Å². The van der Waals surface area contributed by atoms with Crippen molar-refractivity contribution in [2.75, 3.05) is 7.05 Å². The van der Waals surface area contributed by atoms with Crippen LogP contribution in [0.25, 0.3) is 0 Å². The number of aromatic nitrogens is 2. The predicted molar refractivity (Wildman–Crippen MR) is 79.5 cm³/mol. The van der Waals surface area contributed by atoms with E-state index in [0.717, 1.165) is 24.2 Å². The molecule has 4 heteroatoms. The highest BCUT2D eigenvalue weighted by molar-refractivity contribution is 5.94. The molecule has 4 nitrogen and oxygen atoms in total. The molecule has 0 saturated carbocycles. The Kier molecular flexibility index (Phi) is 4.56. The minimum absolute atomic E-state index is 0.0266. The fourth-order valence-corrected chi connectivity index (χ4v) is 2.08. The van der Waals surface area contributed by atoms with Crippen LogP contribution in [0.1, 0.15) is 35.5 Å². The summed E-state index contributed by atoms with van der Waals surface area (Å²) in [5.74, 6) is 0.0266. The highest BCUT2D eigenvalue weighted by atomic mass is 16.2. The summed E-state index contributed by atoms with van der Waals surface area (Å²) in [5, 5.41) is 4.39. The van der Waals surface area contributed by atoms with Crippen LogP contribution in [0.2, 0.25) is 0 Å². The Balaban J connectivity index is 2.03. The number of hydrogen-bond donors (Lipinski definition) is 0. The van der Waals surface area contributed by atoms with Crippen molar-refractivity contribution in [3.63, 3.8) is 0 Å². The molecule has 0 unspecified atom stereocenters. The molecule has 20 heavy (non-hydrogen) atoms. The first-order valence-electron chi connectivity index (χ1n) is 7.00. The lowest BCUT2D eigenvalue weighted by molar-refractivity contribution is 0.0783. The molecule has 0 saturated heterocycles. The third-order valence-corrected chi connectivity index (χ3v) is 3.37. The average Bonchev–Trinajstić information content (AvgIpc) is 2.94. The second kappa shape index (κ2) is 6.37. The molecule has 2 rings (SSSR count). The molecule has 0 radical (unpaired) electrons. The van der Waals surface area contributed by atoms with Crippen molar-refractivity contribution >= 4 is 5.91 Å². The van der Waals surface area contributed by atoms with Gasteiger partial charge in [-0.05, 0) is 37.1 Å². The smallest absolute Gasteiger partial charge is 0.253 e. The second-order valence-electron chi connectivity index (χ2n) is 4.87. The van der Waals surface area contributed by atoms with E-state index in [2.05, 4.69) is 12.0 Å². The van der Waals surface area contributed by atoms with Crippen molar-refractivity contribution in [3.05, 3.63) is 53.3 Å². The second-order valence-corrected chi connectivity index (χ2v) is 4.87. The van der Waals surface area contributed by atoms with E-state index < -0.39 is 0 Å². The Morgan fingerprint density at radius 3 is 2.45 bits per heavy atom. The van der Waals surface area contributed by atoms with Crippen LogP contribution in [0.15, 0.2) is 36.5 Å². The molecule has 0 aliphatic heterocycles. The van der Waals surface area contributed by atoms with Crippen LogP contribution >= 0.6 is 0 Å². The van der Waals surface area contributed by atoms with E-state index in [4.69, 9.17) is 0 Å². The normalized spacial score (nSPS) is 10.6. The third kappa shape index (κ3) is 3.26. The lowest BCUT2D eigenvalue weighted by Crippen LogP contribution is -2.26. The maximum Gasteiger partial charge on any atom is 0.253 e. The largest absolute Gasteiger partial charge is 0.336 e. The number of amides is 1. The Morgan fingerprint density at radius 1 is 1.20 bits per heavy atom. The summed E-state index contributed by atoms with van der Waals surface area (Å²) in [4.78, 5) is 14.0. The first-order chi connectivity index (χ1) is 9.63. The van der Waals surface area contributed by atoms with Crippen LogP contribution in [0.4, 0.5) is 0 Å². The number of aryl methyl sites for hydroxylation is 2. The summed E-state index contributed by atoms with van der Waals surface area (Å²) >= 11 is 0. The molecular weight excluding hydrogens is 250 g/mol. The SMILES string of the molecule is CCc1ccc(C(=O)N(C)Cc2ccn(CC)n2)cc1. The van der Waals surface area contributed by atoms with Gasteiger partial charge in [0.15, 0.2) is 0 Å². The molecule has 1 aromatic heterocycles. The minimum atomic E-state index is 0.0266. The van der Waals surface area contributed by atoms with Gasteiger partial charge in [0, 0.05) is 25.4 Å². The third-order valence-electron chi connectivity index (χ3n) is 3.37. The van der Waals surface area contributed by atoms with Crippen molar-refractivity contribution in [3.8, 4) is 0 Å². The van der Waals surface area contributed by atoms with Gasteiger partial charge in [0.1, 0.15) is 0 Å². The molecular formula is C16H21N3O. The molecule has 0 bridgehead atoms. The molecule has 2 aromatic rings. The van der Waals surface area contributed by atoms with E-state index in [9.17, 15) is 4.79 Å². The molecule has 1 aromatic carbocycles. The molecule has 0 atom stereocenters. The Labute approximate surface area is 120 Å². The van der Waals surface area contributed by atoms with E-state index in [1.165, 1.54) is 5.56 Å². The molecule has 1 amide bonds. The number of carbonyl (C=O) groups is 1. The van der Waals surface area contributed by atoms with Crippen molar-refractivity contribution < 1.29 is 4.79 Å². The van der Waals surface area contributed by atoms with Gasteiger partial charge in [0.2, 0.25) is 0 Å². The maximum absolute atomic E-state index is 12.3. The van der Waals surface area contributed by atoms with Crippen LogP contribution in [-0.4, -0.2) is 27.6 Å². The molecule has 0 fully saturated rings. The molecule has 0 spiro atoms. The van der Waals surface area contributed by atoms with E-state index >= 15 is 0 Å². The van der Waals surface area contributed by atoms with E-state index in [0.29, 0.717) is 6.54 Å². The Bertz CT molecular complexity index is 572. The van der Waals surface area contributed by atoms with Crippen LogP contribution in [0.3, 0.4) is 0 Å². The van der Waals surface area contributed by atoms with Gasteiger partial charge in [-0.15, -0.1) is 0 Å². The van der Waals surface area contributed by atoms with Crippen LogP contribution in [0, 0.1) is 0 Å². The highest BCUT2D eigenvalue weighted by Gasteiger charge is 2.13. The van der Waals surface area contributed by atoms with E-state index in [1.54, 1.807) is 11.9 Å². The fourth-order valence-electron chi connectivity index (χ4n) is 2.08. The Morgan fingerprint density at radius 2 is 1.90 bits per heavy atom. The zero-order chi connectivity index (χ0) is 14.5. The lowest BCUT2D eigenvalue weighted by atomic mass is 10.1. The van der Waals surface area contributed by atoms with Gasteiger partial charge in [-0.3, -0.25) is 9.48 Å². The van der Waals surface area contributed by atoms with Crippen LogP contribution in [0.5, 0.6) is 0 Å². The summed E-state index contributed by atoms with van der Waals surface area (Å²) in [6, 6.07) is 9.75. The average molecular weight is 271 g/mol. The number of rotatable bonds is 5. The summed E-state index contributed by atoms with van der Waals surface area (Å²) in [5.41, 5.74) is 2.87. The summed E-state index contributed by atoms with van der Waals surface area (Å²) in [7, 11) is 1.81. The predicted octanol–water partition coefficient (Wildman–Crippen LogP) is 2.74. The standard InChI is InChI=1S/C16H21N3O/c1-4-13-6-8-14(9-7-13)16(20)18(3)12-15-10-11-19(5-2)17-15/h6-11H,4-5,12H2,1-3H3. The minimum Gasteiger partial charge on any atom is -0.336 e. The number of carbonyl (C=O) groups excluding carboxylic acids is 1. The number of hydrogen-bond acceptors (Lipinski definition) is 2. The summed E-state index contributed by atoms with van der Waals surface area (Å²) in [6.45, 7) is 5.52. The monoisotopic (exact) mass is 271 g/mol. The van der Waals surface area contributed by atoms with E-state index in [1.807, 2.05) is 48.1 Å². The van der Waals surface area contributed by atoms with Gasteiger partial charge in [0.05, 0.1) is 12.2 Å². The van der Waals surface area contributed by atoms with Crippen molar-refractivity contribution in [1.82, 2.24) is 14.7 Å². The molecule has 0 N–H and O–H groups in total. The van der Waals surface area contributed by atoms with Crippen molar-refractivity contribution in [1.29, 1.82) is 0 Å². The van der Waals surface area contributed by atoms with Gasteiger partial charge < -0.3 is 4.90 Å². The quantitative estimate of drug-likeness (QED) is 0.838. The lowest BCUT2D eigenvalue weighted by Gasteiger charge is -2.16. The van der Waals surface area contributed by atoms with Gasteiger partial charge >= 0.3 is 0 Å². The molecule has 0 aliphatic carbocycles. The number of nitrogens with zero attached hydrogens (tertiary/aromatic N) is 3. The van der Waals surface area contributed by atoms with Crippen LogP contribution < -0.4 is 0 Å². The molecule has 106 valence electrons. The van der Waals surface area contributed by atoms with E-state index in [-0.39, 0.29) is 5.91 Å². The van der Waals surface area contributed by atoms with Gasteiger partial charge in [-0.1, -0.05) is 19.1 Å². The summed E-state index contributed by atoms with van der Waals surface area (Å²) in [6.07, 6.45) is 2.92. The van der Waals surface area contributed by atoms with Gasteiger partial charge in [0.25, 0.3) is 5.91 Å². The summed E-state index contributed by atoms with van der Waals surface area (Å²) < 4.78 is 1.86. The first-order valence-corrected chi connectivity index (χ1v) is 7.00. The fraction of sp³-hybridized carbons (Fsp3) is 0.375. The maximum atomic E-state index is 12.3.